The largest absolute Gasteiger partial charge is 0.440 e. The highest BCUT2D eigenvalue weighted by atomic mass is 32.1. The average molecular weight is 347 g/mol. The lowest BCUT2D eigenvalue weighted by atomic mass is 10.1. The van der Waals surface area contributed by atoms with Crippen molar-refractivity contribution in [2.45, 2.75) is 39.0 Å². The fourth-order valence-electron chi connectivity index (χ4n) is 3.03. The van der Waals surface area contributed by atoms with Crippen molar-refractivity contribution < 1.29 is 9.21 Å². The van der Waals surface area contributed by atoms with Crippen LogP contribution in [0.1, 0.15) is 37.1 Å². The van der Waals surface area contributed by atoms with Crippen LogP contribution in [0.25, 0.3) is 10.8 Å². The standard InChI is InChI=1S/C18H25N3O2S/c1-14-15(20-18(23-14)16-7-5-12-24-16)13-17(22)19-8-6-11-21-9-3-2-4-10-21/h5,7,12H,2-4,6,8-11,13H2,1H3,(H,19,22). The van der Waals surface area contributed by atoms with Crippen LogP contribution in [0.5, 0.6) is 0 Å². The quantitative estimate of drug-likeness (QED) is 0.781. The molecular weight excluding hydrogens is 322 g/mol. The molecule has 3 heterocycles. The highest BCUT2D eigenvalue weighted by Gasteiger charge is 2.15. The van der Waals surface area contributed by atoms with E-state index in [1.165, 1.54) is 32.4 Å². The molecular formula is C18H25N3O2S. The summed E-state index contributed by atoms with van der Waals surface area (Å²) in [6, 6.07) is 3.94. The van der Waals surface area contributed by atoms with E-state index in [1.54, 1.807) is 11.3 Å². The number of carbonyl (C=O) groups excluding carboxylic acids is 1. The van der Waals surface area contributed by atoms with E-state index in [-0.39, 0.29) is 12.3 Å². The van der Waals surface area contributed by atoms with E-state index in [1.807, 2.05) is 24.4 Å². The Hall–Kier alpha value is -1.66. The number of piperidine rings is 1. The van der Waals surface area contributed by atoms with E-state index in [0.717, 1.165) is 35.8 Å². The highest BCUT2D eigenvalue weighted by Crippen LogP contribution is 2.25. The van der Waals surface area contributed by atoms with E-state index < -0.39 is 0 Å². The first-order valence-electron chi connectivity index (χ1n) is 8.71. The molecule has 0 saturated carbocycles. The molecule has 0 radical (unpaired) electrons. The van der Waals surface area contributed by atoms with Crippen molar-refractivity contribution in [1.82, 2.24) is 15.2 Å². The first-order valence-corrected chi connectivity index (χ1v) is 9.59. The van der Waals surface area contributed by atoms with Gasteiger partial charge in [-0.15, -0.1) is 11.3 Å². The van der Waals surface area contributed by atoms with Crippen molar-refractivity contribution in [3.63, 3.8) is 0 Å². The monoisotopic (exact) mass is 347 g/mol. The number of thiophene rings is 1. The summed E-state index contributed by atoms with van der Waals surface area (Å²) in [5.74, 6) is 1.35. The topological polar surface area (TPSA) is 58.4 Å². The summed E-state index contributed by atoms with van der Waals surface area (Å²) in [4.78, 5) is 20.1. The Morgan fingerprint density at radius 2 is 2.21 bits per heavy atom. The van der Waals surface area contributed by atoms with Crippen LogP contribution in [0.2, 0.25) is 0 Å². The van der Waals surface area contributed by atoms with E-state index in [2.05, 4.69) is 15.2 Å². The van der Waals surface area contributed by atoms with Gasteiger partial charge in [0.15, 0.2) is 0 Å². The fraction of sp³-hybridized carbons (Fsp3) is 0.556. The van der Waals surface area contributed by atoms with Crippen molar-refractivity contribution in [2.24, 2.45) is 0 Å². The van der Waals surface area contributed by atoms with Crippen molar-refractivity contribution in [2.75, 3.05) is 26.2 Å². The number of aryl methyl sites for hydroxylation is 1. The smallest absolute Gasteiger partial charge is 0.236 e. The van der Waals surface area contributed by atoms with Crippen LogP contribution in [0.15, 0.2) is 21.9 Å². The number of nitrogens with zero attached hydrogens (tertiary/aromatic N) is 2. The molecule has 2 aromatic heterocycles. The molecule has 0 atom stereocenters. The Kier molecular flexibility index (Phi) is 6.04. The highest BCUT2D eigenvalue weighted by molar-refractivity contribution is 7.13. The van der Waals surface area contributed by atoms with Gasteiger partial charge in [0.1, 0.15) is 5.76 Å². The molecule has 6 heteroatoms. The predicted molar refractivity (Wildman–Crippen MR) is 96.2 cm³/mol. The van der Waals surface area contributed by atoms with Crippen molar-refractivity contribution >= 4 is 17.2 Å². The van der Waals surface area contributed by atoms with Gasteiger partial charge in [0.25, 0.3) is 0 Å². The molecule has 0 spiro atoms. The van der Waals surface area contributed by atoms with Crippen molar-refractivity contribution in [3.05, 3.63) is 29.0 Å². The van der Waals surface area contributed by atoms with E-state index in [4.69, 9.17) is 4.42 Å². The molecule has 130 valence electrons. The minimum absolute atomic E-state index is 0.0165. The summed E-state index contributed by atoms with van der Waals surface area (Å²) >= 11 is 1.59. The fourth-order valence-corrected chi connectivity index (χ4v) is 3.67. The van der Waals surface area contributed by atoms with Crippen LogP contribution in [-0.4, -0.2) is 42.0 Å². The molecule has 2 aromatic rings. The minimum atomic E-state index is 0.0165. The summed E-state index contributed by atoms with van der Waals surface area (Å²) < 4.78 is 5.68. The van der Waals surface area contributed by atoms with Crippen molar-refractivity contribution in [3.8, 4) is 10.8 Å². The van der Waals surface area contributed by atoms with Crippen molar-refractivity contribution in [1.29, 1.82) is 0 Å². The SMILES string of the molecule is Cc1oc(-c2cccs2)nc1CC(=O)NCCCN1CCCCC1. The molecule has 1 aliphatic heterocycles. The van der Waals surface area contributed by atoms with E-state index in [0.29, 0.717) is 5.89 Å². The number of aromatic nitrogens is 1. The van der Waals surface area contributed by atoms with Gasteiger partial charge in [0.2, 0.25) is 11.8 Å². The van der Waals surface area contributed by atoms with Gasteiger partial charge in [-0.1, -0.05) is 12.5 Å². The summed E-state index contributed by atoms with van der Waals surface area (Å²) in [5.41, 5.74) is 0.729. The third kappa shape index (κ3) is 4.68. The zero-order chi connectivity index (χ0) is 16.8. The summed E-state index contributed by atoms with van der Waals surface area (Å²) in [5, 5.41) is 4.99. The molecule has 1 saturated heterocycles. The van der Waals surface area contributed by atoms with E-state index in [9.17, 15) is 4.79 Å². The second-order valence-electron chi connectivity index (χ2n) is 6.28. The Bertz CT molecular complexity index is 645. The first-order chi connectivity index (χ1) is 11.7. The van der Waals surface area contributed by atoms with Crippen LogP contribution in [0, 0.1) is 6.92 Å². The molecule has 3 rings (SSSR count). The molecule has 0 aromatic carbocycles. The Morgan fingerprint density at radius 3 is 2.96 bits per heavy atom. The number of hydrogen-bond donors (Lipinski definition) is 1. The van der Waals surface area contributed by atoms with Crippen LogP contribution >= 0.6 is 11.3 Å². The van der Waals surface area contributed by atoms with Crippen LogP contribution in [0.4, 0.5) is 0 Å². The lowest BCUT2D eigenvalue weighted by Crippen LogP contribution is -2.33. The first kappa shape index (κ1) is 17.2. The van der Waals surface area contributed by atoms with Gasteiger partial charge in [-0.25, -0.2) is 4.98 Å². The van der Waals surface area contributed by atoms with Gasteiger partial charge < -0.3 is 14.6 Å². The number of nitrogens with one attached hydrogen (secondary N) is 1. The maximum absolute atomic E-state index is 12.1. The van der Waals surface area contributed by atoms with Crippen LogP contribution < -0.4 is 5.32 Å². The van der Waals surface area contributed by atoms with Gasteiger partial charge in [0.05, 0.1) is 17.0 Å². The number of likely N-dealkylation sites (tertiary alicyclic amines) is 1. The predicted octanol–water partition coefficient (Wildman–Crippen LogP) is 3.25. The third-order valence-corrected chi connectivity index (χ3v) is 5.23. The molecule has 0 unspecified atom stereocenters. The normalized spacial score (nSPS) is 15.5. The molecule has 1 aliphatic rings. The second-order valence-corrected chi connectivity index (χ2v) is 7.23. The van der Waals surface area contributed by atoms with Gasteiger partial charge >= 0.3 is 0 Å². The van der Waals surface area contributed by atoms with Gasteiger partial charge in [-0.05, 0) is 57.3 Å². The van der Waals surface area contributed by atoms with Crippen LogP contribution in [-0.2, 0) is 11.2 Å². The molecule has 0 aliphatic carbocycles. The Balaban J connectivity index is 1.41. The number of carbonyl (C=O) groups is 1. The number of hydrogen-bond acceptors (Lipinski definition) is 5. The molecule has 24 heavy (non-hydrogen) atoms. The Morgan fingerprint density at radius 1 is 1.38 bits per heavy atom. The zero-order valence-electron chi connectivity index (χ0n) is 14.2. The average Bonchev–Trinajstić information content (AvgIpc) is 3.23. The number of rotatable bonds is 7. The lowest BCUT2D eigenvalue weighted by Gasteiger charge is -2.26. The summed E-state index contributed by atoms with van der Waals surface area (Å²) in [7, 11) is 0. The Labute approximate surface area is 147 Å². The summed E-state index contributed by atoms with van der Waals surface area (Å²) in [6.45, 7) is 6.08. The van der Waals surface area contributed by atoms with Gasteiger partial charge in [-0.3, -0.25) is 4.79 Å². The third-order valence-electron chi connectivity index (χ3n) is 4.37. The molecule has 1 amide bonds. The number of amides is 1. The minimum Gasteiger partial charge on any atom is -0.440 e. The zero-order valence-corrected chi connectivity index (χ0v) is 15.0. The maximum Gasteiger partial charge on any atom is 0.236 e. The molecule has 0 bridgehead atoms. The molecule has 5 nitrogen and oxygen atoms in total. The van der Waals surface area contributed by atoms with Crippen LogP contribution in [0.3, 0.4) is 0 Å². The summed E-state index contributed by atoms with van der Waals surface area (Å²) in [6.07, 6.45) is 5.26. The molecule has 1 N–H and O–H groups in total. The second kappa shape index (κ2) is 8.44. The molecule has 1 fully saturated rings. The lowest BCUT2D eigenvalue weighted by molar-refractivity contribution is -0.120. The van der Waals surface area contributed by atoms with Gasteiger partial charge in [0, 0.05) is 6.54 Å². The number of oxazole rings is 1. The maximum atomic E-state index is 12.1. The van der Waals surface area contributed by atoms with Gasteiger partial charge in [-0.2, -0.15) is 0 Å². The van der Waals surface area contributed by atoms with E-state index >= 15 is 0 Å².